The third-order valence-electron chi connectivity index (χ3n) is 1.50. The number of rotatable bonds is 1. The molecule has 3 N–H and O–H groups in total. The molecule has 1 aliphatic rings. The zero-order valence-electron chi connectivity index (χ0n) is 6.68. The average Bonchev–Trinajstić information content (AvgIpc) is 1.88. The van der Waals surface area contributed by atoms with Crippen LogP contribution in [0.3, 0.4) is 0 Å². The Morgan fingerprint density at radius 2 is 2.00 bits per heavy atom. The minimum Gasteiger partial charge on any atom is -0.375 e. The third-order valence-corrected chi connectivity index (χ3v) is 1.50. The van der Waals surface area contributed by atoms with Crippen LogP contribution < -0.4 is 15.4 Å². The molecular weight excluding hydrogens is 124 g/mol. The van der Waals surface area contributed by atoms with Crippen LogP contribution in [-0.4, -0.2) is 40.6 Å². The molecule has 10 heavy (non-hydrogen) atoms. The highest BCUT2D eigenvalue weighted by Gasteiger charge is 2.26. The van der Waals surface area contributed by atoms with Gasteiger partial charge in [-0.15, -0.1) is 0 Å². The number of nitrogens with one attached hydrogen (secondary N) is 3. The summed E-state index contributed by atoms with van der Waals surface area (Å²) in [5.41, 5.74) is 0. The molecule has 1 aliphatic heterocycles. The fourth-order valence-corrected chi connectivity index (χ4v) is 0.883. The summed E-state index contributed by atoms with van der Waals surface area (Å²) in [4.78, 5) is 2.08. The average molecular weight is 137 g/mol. The van der Waals surface area contributed by atoms with E-state index >= 15 is 0 Å². The van der Waals surface area contributed by atoms with Crippen LogP contribution in [0.25, 0.3) is 0 Å². The Bertz CT molecular complexity index is 110. The van der Waals surface area contributed by atoms with Crippen molar-refractivity contribution in [1.29, 1.82) is 0 Å². The molecule has 0 unspecified atom stereocenters. The molecule has 1 heterocycles. The third kappa shape index (κ3) is 2.02. The van der Waals surface area contributed by atoms with Gasteiger partial charge in [-0.3, -0.25) is 0 Å². The standard InChI is InChI=1S/C3H12B3N4/c1-5-7-4-8-6(9-5)10(2)3/h7-9H,1-3H3. The van der Waals surface area contributed by atoms with Crippen molar-refractivity contribution < 1.29 is 0 Å². The van der Waals surface area contributed by atoms with Gasteiger partial charge >= 0.3 is 7.12 Å². The molecule has 0 aliphatic carbocycles. The maximum atomic E-state index is 3.29. The summed E-state index contributed by atoms with van der Waals surface area (Å²) in [6, 6.07) is 0. The van der Waals surface area contributed by atoms with Gasteiger partial charge in [0, 0.05) is 0 Å². The fraction of sp³-hybridized carbons (Fsp3) is 1.00. The molecule has 0 aromatic rings. The maximum Gasteiger partial charge on any atom is 0.376 e. The predicted octanol–water partition coefficient (Wildman–Crippen LogP) is -2.03. The van der Waals surface area contributed by atoms with E-state index in [1.165, 1.54) is 0 Å². The lowest BCUT2D eigenvalue weighted by molar-refractivity contribution is 0.621. The van der Waals surface area contributed by atoms with Crippen molar-refractivity contribution >= 4 is 21.6 Å². The quantitative estimate of drug-likeness (QED) is 0.364. The number of nitrogens with zero attached hydrogens (tertiary/aromatic N) is 1. The molecule has 0 spiro atoms. The first kappa shape index (κ1) is 8.13. The molecule has 0 bridgehead atoms. The van der Waals surface area contributed by atoms with Gasteiger partial charge in [-0.2, -0.15) is 0 Å². The molecule has 1 radical (unpaired) electrons. The van der Waals surface area contributed by atoms with E-state index in [4.69, 9.17) is 0 Å². The molecule has 1 fully saturated rings. The molecule has 1 saturated heterocycles. The van der Waals surface area contributed by atoms with E-state index in [-0.39, 0.29) is 7.12 Å². The highest BCUT2D eigenvalue weighted by Crippen LogP contribution is 1.81. The molecule has 1 rings (SSSR count). The van der Waals surface area contributed by atoms with Crippen LogP contribution in [0, 0.1) is 0 Å². The Morgan fingerprint density at radius 1 is 1.30 bits per heavy atom. The van der Waals surface area contributed by atoms with E-state index in [9.17, 15) is 0 Å². The van der Waals surface area contributed by atoms with E-state index in [1.54, 1.807) is 0 Å². The van der Waals surface area contributed by atoms with Crippen molar-refractivity contribution in [3.05, 3.63) is 0 Å². The molecule has 0 saturated carbocycles. The molecule has 0 aromatic carbocycles. The van der Waals surface area contributed by atoms with Crippen molar-refractivity contribution in [3.8, 4) is 0 Å². The lowest BCUT2D eigenvalue weighted by Gasteiger charge is -2.29. The van der Waals surface area contributed by atoms with E-state index in [0.717, 1.165) is 0 Å². The molecule has 0 atom stereocenters. The Balaban J connectivity index is 2.32. The zero-order chi connectivity index (χ0) is 7.56. The first-order valence-electron chi connectivity index (χ1n) is 3.46. The summed E-state index contributed by atoms with van der Waals surface area (Å²) < 4.78 is 0. The minimum atomic E-state index is 0.247. The second-order valence-corrected chi connectivity index (χ2v) is 2.73. The summed E-state index contributed by atoms with van der Waals surface area (Å²) in [6.45, 7) is 2.42. The van der Waals surface area contributed by atoms with Crippen LogP contribution in [0.2, 0.25) is 6.82 Å². The fourth-order valence-electron chi connectivity index (χ4n) is 0.883. The van der Waals surface area contributed by atoms with E-state index < -0.39 is 0 Å². The Labute approximate surface area is 63.7 Å². The molecule has 7 heteroatoms. The summed E-state index contributed by atoms with van der Waals surface area (Å²) in [6.07, 6.45) is 0. The summed E-state index contributed by atoms with van der Waals surface area (Å²) >= 11 is 0. The van der Waals surface area contributed by atoms with Crippen LogP contribution in [0.5, 0.6) is 0 Å². The van der Waals surface area contributed by atoms with Crippen LogP contribution in [-0.2, 0) is 0 Å². The van der Waals surface area contributed by atoms with Gasteiger partial charge in [0.05, 0.1) is 0 Å². The van der Waals surface area contributed by atoms with Crippen molar-refractivity contribution in [2.45, 2.75) is 6.82 Å². The van der Waals surface area contributed by atoms with Crippen LogP contribution >= 0.6 is 0 Å². The molecular formula is C3H12B3N4. The number of hydrogen-bond donors (Lipinski definition) is 3. The van der Waals surface area contributed by atoms with E-state index in [1.807, 2.05) is 21.6 Å². The van der Waals surface area contributed by atoms with Crippen LogP contribution in [0.4, 0.5) is 0 Å². The normalized spacial score (nSPS) is 19.6. The summed E-state index contributed by atoms with van der Waals surface area (Å²) in [5.74, 6) is 0. The highest BCUT2D eigenvalue weighted by atomic mass is 15.2. The second-order valence-electron chi connectivity index (χ2n) is 2.73. The van der Waals surface area contributed by atoms with Gasteiger partial charge in [0.15, 0.2) is 0 Å². The zero-order valence-corrected chi connectivity index (χ0v) is 6.68. The van der Waals surface area contributed by atoms with Crippen molar-refractivity contribution in [2.24, 2.45) is 0 Å². The van der Waals surface area contributed by atoms with Gasteiger partial charge < -0.3 is 20.2 Å². The Morgan fingerprint density at radius 3 is 2.40 bits per heavy atom. The van der Waals surface area contributed by atoms with Gasteiger partial charge in [0.2, 0.25) is 0 Å². The molecule has 53 valence electrons. The van der Waals surface area contributed by atoms with Gasteiger partial charge in [-0.1, -0.05) is 6.82 Å². The first-order chi connectivity index (χ1) is 4.70. The van der Waals surface area contributed by atoms with Gasteiger partial charge in [0.25, 0.3) is 14.5 Å². The van der Waals surface area contributed by atoms with Gasteiger partial charge in [-0.05, 0) is 14.1 Å². The molecule has 0 aromatic heterocycles. The Hall–Kier alpha value is 0.0348. The second kappa shape index (κ2) is 3.43. The largest absolute Gasteiger partial charge is 0.376 e. The SMILES string of the molecule is CB1N[B]NB(N(C)C)N1. The highest BCUT2D eigenvalue weighted by molar-refractivity contribution is 6.80. The lowest BCUT2D eigenvalue weighted by atomic mass is 9.63. The van der Waals surface area contributed by atoms with E-state index in [2.05, 4.69) is 27.1 Å². The maximum absolute atomic E-state index is 3.29. The van der Waals surface area contributed by atoms with Gasteiger partial charge in [-0.25, -0.2) is 0 Å². The smallest absolute Gasteiger partial charge is 0.375 e. The van der Waals surface area contributed by atoms with Crippen LogP contribution in [0.1, 0.15) is 0 Å². The summed E-state index contributed by atoms with van der Waals surface area (Å²) in [5, 5.41) is 9.51. The topological polar surface area (TPSA) is 39.3 Å². The molecule has 4 nitrogen and oxygen atoms in total. The Kier molecular flexibility index (Phi) is 2.79. The van der Waals surface area contributed by atoms with Gasteiger partial charge in [0.1, 0.15) is 0 Å². The molecule has 0 amide bonds. The number of hydrogen-bond acceptors (Lipinski definition) is 4. The summed E-state index contributed by atoms with van der Waals surface area (Å²) in [7, 11) is 6.16. The van der Waals surface area contributed by atoms with E-state index in [0.29, 0.717) is 6.98 Å². The monoisotopic (exact) mass is 137 g/mol. The van der Waals surface area contributed by atoms with Crippen molar-refractivity contribution in [1.82, 2.24) is 20.2 Å². The van der Waals surface area contributed by atoms with Crippen LogP contribution in [0.15, 0.2) is 0 Å². The predicted molar refractivity (Wildman–Crippen MR) is 46.2 cm³/mol. The van der Waals surface area contributed by atoms with Crippen molar-refractivity contribution in [3.63, 3.8) is 0 Å². The lowest BCUT2D eigenvalue weighted by Crippen LogP contribution is -2.72. The first-order valence-corrected chi connectivity index (χ1v) is 3.46. The van der Waals surface area contributed by atoms with Crippen molar-refractivity contribution in [2.75, 3.05) is 14.1 Å². The minimum absolute atomic E-state index is 0.247.